The molecule has 0 saturated heterocycles. The van der Waals surface area contributed by atoms with E-state index in [1.165, 1.54) is 24.3 Å². The van der Waals surface area contributed by atoms with Crippen LogP contribution < -0.4 is 10.6 Å². The minimum absolute atomic E-state index is 0.116. The summed E-state index contributed by atoms with van der Waals surface area (Å²) in [5.41, 5.74) is 0.402. The predicted molar refractivity (Wildman–Crippen MR) is 79.7 cm³/mol. The molecular formula is C16H21FN2O3. The zero-order chi connectivity index (χ0) is 15.9. The molecule has 1 aromatic rings. The van der Waals surface area contributed by atoms with Crippen LogP contribution in [0.15, 0.2) is 24.3 Å². The van der Waals surface area contributed by atoms with Crippen LogP contribution in [0.25, 0.3) is 0 Å². The molecule has 2 unspecified atom stereocenters. The monoisotopic (exact) mass is 308 g/mol. The number of carbonyl (C=O) groups excluding carboxylic acids is 2. The van der Waals surface area contributed by atoms with Crippen molar-refractivity contribution < 1.29 is 19.1 Å². The molecule has 6 heteroatoms. The second kappa shape index (κ2) is 7.89. The van der Waals surface area contributed by atoms with Gasteiger partial charge >= 0.3 is 0 Å². The van der Waals surface area contributed by atoms with Gasteiger partial charge in [0.05, 0.1) is 12.0 Å². The largest absolute Gasteiger partial charge is 0.392 e. The fourth-order valence-corrected chi connectivity index (χ4v) is 2.58. The summed E-state index contributed by atoms with van der Waals surface area (Å²) in [5.74, 6) is -1.06. The number of nitrogens with one attached hydrogen (secondary N) is 2. The highest BCUT2D eigenvalue weighted by Crippen LogP contribution is 2.25. The summed E-state index contributed by atoms with van der Waals surface area (Å²) in [4.78, 5) is 23.6. The molecule has 1 aromatic carbocycles. The number of amides is 2. The minimum atomic E-state index is -0.529. The smallest absolute Gasteiger partial charge is 0.251 e. The molecule has 1 saturated carbocycles. The Labute approximate surface area is 128 Å². The molecule has 0 spiro atoms. The first-order valence-corrected chi connectivity index (χ1v) is 7.57. The van der Waals surface area contributed by atoms with Gasteiger partial charge in [-0.3, -0.25) is 9.59 Å². The van der Waals surface area contributed by atoms with E-state index in [9.17, 15) is 19.1 Å². The van der Waals surface area contributed by atoms with Crippen molar-refractivity contribution >= 4 is 11.8 Å². The topological polar surface area (TPSA) is 78.4 Å². The van der Waals surface area contributed by atoms with E-state index in [-0.39, 0.29) is 23.5 Å². The van der Waals surface area contributed by atoms with Gasteiger partial charge in [-0.1, -0.05) is 0 Å². The summed E-state index contributed by atoms with van der Waals surface area (Å²) in [7, 11) is 0. The van der Waals surface area contributed by atoms with E-state index in [0.29, 0.717) is 31.5 Å². The quantitative estimate of drug-likeness (QED) is 0.692. The van der Waals surface area contributed by atoms with Crippen LogP contribution in [0.2, 0.25) is 0 Å². The van der Waals surface area contributed by atoms with Crippen molar-refractivity contribution in [3.63, 3.8) is 0 Å². The third-order valence-electron chi connectivity index (χ3n) is 3.86. The number of rotatable bonds is 6. The van der Waals surface area contributed by atoms with Gasteiger partial charge < -0.3 is 15.7 Å². The molecule has 2 rings (SSSR count). The number of hydrogen-bond donors (Lipinski definition) is 3. The van der Waals surface area contributed by atoms with Crippen LogP contribution in [0.5, 0.6) is 0 Å². The zero-order valence-electron chi connectivity index (χ0n) is 12.3. The maximum absolute atomic E-state index is 12.7. The van der Waals surface area contributed by atoms with Gasteiger partial charge in [0.2, 0.25) is 5.91 Å². The molecule has 2 amide bonds. The first kappa shape index (κ1) is 16.4. The van der Waals surface area contributed by atoms with E-state index in [1.54, 1.807) is 0 Å². The van der Waals surface area contributed by atoms with E-state index >= 15 is 0 Å². The predicted octanol–water partition coefficient (Wildman–Crippen LogP) is 1.22. The van der Waals surface area contributed by atoms with Gasteiger partial charge in [-0.25, -0.2) is 4.39 Å². The molecule has 1 aliphatic rings. The summed E-state index contributed by atoms with van der Waals surface area (Å²) < 4.78 is 12.7. The Kier molecular flexibility index (Phi) is 5.89. The minimum Gasteiger partial charge on any atom is -0.392 e. The van der Waals surface area contributed by atoms with Crippen LogP contribution in [-0.4, -0.2) is 36.1 Å². The second-order valence-electron chi connectivity index (χ2n) is 5.51. The first-order valence-electron chi connectivity index (χ1n) is 7.57. The zero-order valence-corrected chi connectivity index (χ0v) is 12.3. The van der Waals surface area contributed by atoms with Crippen LogP contribution in [0.4, 0.5) is 4.39 Å². The van der Waals surface area contributed by atoms with Gasteiger partial charge in [-0.2, -0.15) is 0 Å². The van der Waals surface area contributed by atoms with Crippen LogP contribution in [-0.2, 0) is 4.79 Å². The third-order valence-corrected chi connectivity index (χ3v) is 3.86. The Balaban J connectivity index is 1.62. The lowest BCUT2D eigenvalue weighted by atomic mass is 10.1. The maximum atomic E-state index is 12.7. The van der Waals surface area contributed by atoms with Gasteiger partial charge in [0, 0.05) is 18.7 Å². The lowest BCUT2D eigenvalue weighted by Crippen LogP contribution is -2.36. The summed E-state index contributed by atoms with van der Waals surface area (Å²) in [5, 5.41) is 15.1. The van der Waals surface area contributed by atoms with Crippen molar-refractivity contribution in [2.45, 2.75) is 31.8 Å². The molecule has 120 valence electrons. The fourth-order valence-electron chi connectivity index (χ4n) is 2.58. The van der Waals surface area contributed by atoms with Crippen LogP contribution in [0.3, 0.4) is 0 Å². The van der Waals surface area contributed by atoms with E-state index in [2.05, 4.69) is 10.6 Å². The molecule has 1 fully saturated rings. The first-order chi connectivity index (χ1) is 10.6. The molecule has 5 nitrogen and oxygen atoms in total. The Hall–Kier alpha value is -1.95. The second-order valence-corrected chi connectivity index (χ2v) is 5.51. The van der Waals surface area contributed by atoms with E-state index in [1.807, 2.05) is 0 Å². The van der Waals surface area contributed by atoms with Gasteiger partial charge in [0.15, 0.2) is 0 Å². The highest BCUT2D eigenvalue weighted by Gasteiger charge is 2.30. The Morgan fingerprint density at radius 1 is 1.14 bits per heavy atom. The average Bonchev–Trinajstić information content (AvgIpc) is 2.93. The van der Waals surface area contributed by atoms with Crippen LogP contribution >= 0.6 is 0 Å². The number of hydrogen-bond acceptors (Lipinski definition) is 3. The lowest BCUT2D eigenvalue weighted by Gasteiger charge is -2.14. The van der Waals surface area contributed by atoms with Crippen LogP contribution in [0, 0.1) is 11.7 Å². The molecule has 1 aliphatic carbocycles. The molecule has 0 aliphatic heterocycles. The molecule has 3 N–H and O–H groups in total. The van der Waals surface area contributed by atoms with E-state index in [0.717, 1.165) is 12.8 Å². The standard InChI is InChI=1S/C16H21FN2O3/c17-12-7-5-11(6-8-12)15(21)18-9-2-10-19-16(22)13-3-1-4-14(13)20/h5-8,13-14,20H,1-4,9-10H2,(H,18,21)(H,19,22). The van der Waals surface area contributed by atoms with Gasteiger partial charge in [-0.05, 0) is 49.9 Å². The molecule has 2 atom stereocenters. The third kappa shape index (κ3) is 4.53. The highest BCUT2D eigenvalue weighted by atomic mass is 19.1. The number of halogens is 1. The average molecular weight is 308 g/mol. The SMILES string of the molecule is O=C(NCCCNC(=O)C1CCCC1O)c1ccc(F)cc1. The van der Waals surface area contributed by atoms with E-state index in [4.69, 9.17) is 0 Å². The number of carbonyl (C=O) groups is 2. The number of benzene rings is 1. The Morgan fingerprint density at radius 2 is 1.82 bits per heavy atom. The summed E-state index contributed by atoms with van der Waals surface area (Å²) >= 11 is 0. The molecule has 0 heterocycles. The molecule has 0 aromatic heterocycles. The molecule has 0 bridgehead atoms. The Bertz CT molecular complexity index is 519. The van der Waals surface area contributed by atoms with Crippen molar-refractivity contribution in [1.82, 2.24) is 10.6 Å². The number of aliphatic hydroxyl groups excluding tert-OH is 1. The van der Waals surface area contributed by atoms with Gasteiger partial charge in [0.25, 0.3) is 5.91 Å². The van der Waals surface area contributed by atoms with Crippen LogP contribution in [0.1, 0.15) is 36.0 Å². The summed E-state index contributed by atoms with van der Waals surface area (Å²) in [6, 6.07) is 5.33. The van der Waals surface area contributed by atoms with Gasteiger partial charge in [-0.15, -0.1) is 0 Å². The molecule has 0 radical (unpaired) electrons. The molecule has 22 heavy (non-hydrogen) atoms. The van der Waals surface area contributed by atoms with Crippen molar-refractivity contribution in [3.05, 3.63) is 35.6 Å². The summed E-state index contributed by atoms with van der Waals surface area (Å²) in [6.45, 7) is 0.870. The maximum Gasteiger partial charge on any atom is 0.251 e. The van der Waals surface area contributed by atoms with Crippen molar-refractivity contribution in [2.24, 2.45) is 5.92 Å². The van der Waals surface area contributed by atoms with E-state index < -0.39 is 6.10 Å². The summed E-state index contributed by atoms with van der Waals surface area (Å²) in [6.07, 6.45) is 2.37. The van der Waals surface area contributed by atoms with Crippen molar-refractivity contribution in [2.75, 3.05) is 13.1 Å². The molecular weight excluding hydrogens is 287 g/mol. The number of aliphatic hydroxyl groups is 1. The highest BCUT2D eigenvalue weighted by molar-refractivity contribution is 5.94. The fraction of sp³-hybridized carbons (Fsp3) is 0.500. The van der Waals surface area contributed by atoms with Crippen molar-refractivity contribution in [1.29, 1.82) is 0 Å². The van der Waals surface area contributed by atoms with Crippen molar-refractivity contribution in [3.8, 4) is 0 Å². The lowest BCUT2D eigenvalue weighted by molar-refractivity contribution is -0.127. The normalized spacial score (nSPS) is 20.6. The van der Waals surface area contributed by atoms with Gasteiger partial charge in [0.1, 0.15) is 5.82 Å². The Morgan fingerprint density at radius 3 is 2.45 bits per heavy atom.